The summed E-state index contributed by atoms with van der Waals surface area (Å²) in [6, 6.07) is 8.87. The SMILES string of the molecule is CN(c1cc(OCC(F)(F)C(F)F)ccn1)S(=O)(=O)c1nc2ccccc2[nH]1. The van der Waals surface area contributed by atoms with E-state index in [0.29, 0.717) is 11.0 Å². The molecule has 2 aromatic heterocycles. The first kappa shape index (κ1) is 19.9. The number of nitrogens with zero attached hydrogens (tertiary/aromatic N) is 3. The van der Waals surface area contributed by atoms with E-state index in [1.807, 2.05) is 0 Å². The Morgan fingerprint density at radius 3 is 2.64 bits per heavy atom. The molecule has 3 rings (SSSR count). The Morgan fingerprint density at radius 1 is 1.25 bits per heavy atom. The third-order valence-corrected chi connectivity index (χ3v) is 5.35. The van der Waals surface area contributed by atoms with E-state index in [1.54, 1.807) is 24.3 Å². The Balaban J connectivity index is 1.84. The van der Waals surface area contributed by atoms with Crippen molar-refractivity contribution in [1.29, 1.82) is 0 Å². The van der Waals surface area contributed by atoms with Crippen molar-refractivity contribution >= 4 is 26.9 Å². The van der Waals surface area contributed by atoms with Gasteiger partial charge < -0.3 is 9.72 Å². The van der Waals surface area contributed by atoms with Gasteiger partial charge in [-0.1, -0.05) is 12.1 Å². The van der Waals surface area contributed by atoms with Crippen molar-refractivity contribution in [3.05, 3.63) is 42.6 Å². The number of sulfonamides is 1. The molecule has 1 N–H and O–H groups in total. The summed E-state index contributed by atoms with van der Waals surface area (Å²) >= 11 is 0. The van der Waals surface area contributed by atoms with Crippen LogP contribution in [0.25, 0.3) is 11.0 Å². The molecule has 0 amide bonds. The molecule has 0 bridgehead atoms. The van der Waals surface area contributed by atoms with Crippen LogP contribution in [0.15, 0.2) is 47.8 Å². The molecule has 0 aliphatic heterocycles. The predicted octanol–water partition coefficient (Wildman–Crippen LogP) is 3.06. The Bertz CT molecular complexity index is 1060. The number of para-hydroxylation sites is 2. The number of hydrogen-bond acceptors (Lipinski definition) is 5. The van der Waals surface area contributed by atoms with Gasteiger partial charge in [-0.05, 0) is 18.2 Å². The summed E-state index contributed by atoms with van der Waals surface area (Å²) < 4.78 is 81.4. The lowest BCUT2D eigenvalue weighted by Crippen LogP contribution is -2.33. The molecule has 0 atom stereocenters. The Kier molecular flexibility index (Phi) is 5.15. The number of ether oxygens (including phenoxy) is 1. The highest BCUT2D eigenvalue weighted by molar-refractivity contribution is 7.92. The Labute approximate surface area is 157 Å². The number of benzene rings is 1. The smallest absolute Gasteiger partial charge is 0.340 e. The fourth-order valence-electron chi connectivity index (χ4n) is 2.21. The van der Waals surface area contributed by atoms with Crippen molar-refractivity contribution in [3.8, 4) is 5.75 Å². The zero-order valence-corrected chi connectivity index (χ0v) is 15.1. The quantitative estimate of drug-likeness (QED) is 0.596. The van der Waals surface area contributed by atoms with Crippen LogP contribution in [-0.4, -0.2) is 49.4 Å². The van der Waals surface area contributed by atoms with Crippen molar-refractivity contribution in [3.63, 3.8) is 0 Å². The number of alkyl halides is 4. The van der Waals surface area contributed by atoms with Gasteiger partial charge >= 0.3 is 12.3 Å². The minimum atomic E-state index is -4.34. The van der Waals surface area contributed by atoms with E-state index >= 15 is 0 Å². The average Bonchev–Trinajstić information content (AvgIpc) is 3.11. The number of rotatable bonds is 7. The maximum Gasteiger partial charge on any atom is 0.340 e. The number of H-pyrrole nitrogens is 1. The van der Waals surface area contributed by atoms with Crippen LogP contribution < -0.4 is 9.04 Å². The third-order valence-electron chi connectivity index (χ3n) is 3.76. The van der Waals surface area contributed by atoms with Crippen molar-refractivity contribution in [1.82, 2.24) is 15.0 Å². The lowest BCUT2D eigenvalue weighted by atomic mass is 10.3. The first-order valence-corrected chi connectivity index (χ1v) is 9.24. The molecule has 12 heteroatoms. The number of aromatic amines is 1. The molecule has 0 fully saturated rings. The number of hydrogen-bond donors (Lipinski definition) is 1. The number of halogens is 4. The number of anilines is 1. The van der Waals surface area contributed by atoms with E-state index in [1.165, 1.54) is 7.05 Å². The summed E-state index contributed by atoms with van der Waals surface area (Å²) in [4.78, 5) is 10.5. The molecular weight excluding hydrogens is 404 g/mol. The average molecular weight is 418 g/mol. The molecule has 3 aromatic rings. The van der Waals surface area contributed by atoms with Gasteiger partial charge in [0.05, 0.1) is 11.0 Å². The van der Waals surface area contributed by atoms with E-state index in [2.05, 4.69) is 19.7 Å². The number of fused-ring (bicyclic) bond motifs is 1. The van der Waals surface area contributed by atoms with Crippen LogP contribution in [-0.2, 0) is 10.0 Å². The zero-order chi connectivity index (χ0) is 20.5. The van der Waals surface area contributed by atoms with Gasteiger partial charge in [-0.3, -0.25) is 4.31 Å². The summed E-state index contributed by atoms with van der Waals surface area (Å²) in [6.45, 7) is -1.56. The predicted molar refractivity (Wildman–Crippen MR) is 92.4 cm³/mol. The van der Waals surface area contributed by atoms with E-state index in [4.69, 9.17) is 0 Å². The fourth-order valence-corrected chi connectivity index (χ4v) is 3.27. The van der Waals surface area contributed by atoms with E-state index in [-0.39, 0.29) is 16.7 Å². The van der Waals surface area contributed by atoms with Gasteiger partial charge in [0.2, 0.25) is 5.16 Å². The van der Waals surface area contributed by atoms with Crippen molar-refractivity contribution in [2.24, 2.45) is 0 Å². The molecule has 1 aromatic carbocycles. The van der Waals surface area contributed by atoms with Crippen LogP contribution in [0.4, 0.5) is 23.4 Å². The van der Waals surface area contributed by atoms with Crippen LogP contribution in [0, 0.1) is 0 Å². The van der Waals surface area contributed by atoms with Gasteiger partial charge in [-0.25, -0.2) is 18.7 Å². The summed E-state index contributed by atoms with van der Waals surface area (Å²) in [5.74, 6) is -4.74. The summed E-state index contributed by atoms with van der Waals surface area (Å²) in [7, 11) is -2.96. The lowest BCUT2D eigenvalue weighted by Gasteiger charge is -2.19. The van der Waals surface area contributed by atoms with Gasteiger partial charge in [-0.15, -0.1) is 0 Å². The molecule has 0 radical (unpaired) electrons. The van der Waals surface area contributed by atoms with Crippen LogP contribution in [0.2, 0.25) is 0 Å². The van der Waals surface area contributed by atoms with Gasteiger partial charge in [0.15, 0.2) is 6.61 Å². The van der Waals surface area contributed by atoms with E-state index in [0.717, 1.165) is 22.6 Å². The van der Waals surface area contributed by atoms with E-state index < -0.39 is 29.0 Å². The minimum absolute atomic E-state index is 0.168. The molecule has 0 spiro atoms. The molecule has 0 saturated carbocycles. The molecule has 0 aliphatic rings. The summed E-state index contributed by atoms with van der Waals surface area (Å²) in [6.07, 6.45) is -2.78. The van der Waals surface area contributed by atoms with Crippen LogP contribution in [0.5, 0.6) is 5.75 Å². The Hall–Kier alpha value is -2.89. The highest BCUT2D eigenvalue weighted by atomic mass is 32.2. The maximum atomic E-state index is 13.0. The standard InChI is InChI=1S/C16H14F4N4O3S/c1-24(28(25,26)15-22-11-4-2-3-5-12(11)23-15)13-8-10(6-7-21-13)27-9-16(19,20)14(17)18/h2-8,14H,9H2,1H3,(H,22,23). The minimum Gasteiger partial charge on any atom is -0.487 e. The normalized spacial score (nSPS) is 12.5. The first-order chi connectivity index (χ1) is 13.1. The lowest BCUT2D eigenvalue weighted by molar-refractivity contribution is -0.148. The van der Waals surface area contributed by atoms with Crippen molar-refractivity contribution in [2.75, 3.05) is 18.0 Å². The van der Waals surface area contributed by atoms with Crippen LogP contribution in [0.1, 0.15) is 0 Å². The van der Waals surface area contributed by atoms with Gasteiger partial charge in [0.25, 0.3) is 10.0 Å². The highest BCUT2D eigenvalue weighted by Crippen LogP contribution is 2.27. The summed E-state index contributed by atoms with van der Waals surface area (Å²) in [5, 5.41) is -0.339. The first-order valence-electron chi connectivity index (χ1n) is 7.80. The number of imidazole rings is 1. The van der Waals surface area contributed by atoms with Gasteiger partial charge in [0.1, 0.15) is 11.6 Å². The number of nitrogens with one attached hydrogen (secondary N) is 1. The zero-order valence-electron chi connectivity index (χ0n) is 14.3. The van der Waals surface area contributed by atoms with Gasteiger partial charge in [-0.2, -0.15) is 17.2 Å². The third kappa shape index (κ3) is 3.86. The number of aromatic nitrogens is 3. The van der Waals surface area contributed by atoms with E-state index in [9.17, 15) is 26.0 Å². The molecule has 0 unspecified atom stereocenters. The van der Waals surface area contributed by atoms with Crippen LogP contribution >= 0.6 is 0 Å². The highest BCUT2D eigenvalue weighted by Gasteiger charge is 2.41. The second-order valence-electron chi connectivity index (χ2n) is 5.73. The topological polar surface area (TPSA) is 88.2 Å². The second kappa shape index (κ2) is 7.26. The molecule has 28 heavy (non-hydrogen) atoms. The largest absolute Gasteiger partial charge is 0.487 e. The molecule has 150 valence electrons. The van der Waals surface area contributed by atoms with Crippen molar-refractivity contribution in [2.45, 2.75) is 17.5 Å². The monoisotopic (exact) mass is 418 g/mol. The molecule has 0 saturated heterocycles. The molecule has 7 nitrogen and oxygen atoms in total. The van der Waals surface area contributed by atoms with Gasteiger partial charge in [0, 0.05) is 19.3 Å². The van der Waals surface area contributed by atoms with Crippen LogP contribution in [0.3, 0.4) is 0 Å². The molecular formula is C16H14F4N4O3S. The summed E-state index contributed by atoms with van der Waals surface area (Å²) in [5.41, 5.74) is 0.947. The van der Waals surface area contributed by atoms with Crippen molar-refractivity contribution < 1.29 is 30.7 Å². The second-order valence-corrected chi connectivity index (χ2v) is 7.62. The molecule has 0 aliphatic carbocycles. The Morgan fingerprint density at radius 2 is 1.96 bits per heavy atom. The number of pyridine rings is 1. The maximum absolute atomic E-state index is 13.0. The fraction of sp³-hybridized carbons (Fsp3) is 0.250. The molecule has 2 heterocycles.